The highest BCUT2D eigenvalue weighted by molar-refractivity contribution is 9.10. The van der Waals surface area contributed by atoms with Crippen LogP contribution in [0, 0.1) is 0 Å². The van der Waals surface area contributed by atoms with Gasteiger partial charge in [-0.25, -0.2) is 13.1 Å². The van der Waals surface area contributed by atoms with Gasteiger partial charge in [0, 0.05) is 26.3 Å². The fourth-order valence-electron chi connectivity index (χ4n) is 3.10. The van der Waals surface area contributed by atoms with Gasteiger partial charge >= 0.3 is 0 Å². The van der Waals surface area contributed by atoms with Gasteiger partial charge in [-0.1, -0.05) is 56.1 Å². The summed E-state index contributed by atoms with van der Waals surface area (Å²) in [5.41, 5.74) is 4.69. The number of rotatable bonds is 4. The fraction of sp³-hybridized carbons (Fsp3) is 0.0455. The molecule has 0 saturated heterocycles. The predicted molar refractivity (Wildman–Crippen MR) is 123 cm³/mol. The SMILES string of the molecule is CS(=O)(=O)c1ccc(-c2c(-c3ccc(Br)cc3)cnn2-c2ccc(Br)cc2)cc1. The summed E-state index contributed by atoms with van der Waals surface area (Å²) in [6, 6.07) is 22.8. The van der Waals surface area contributed by atoms with Crippen LogP contribution in [0.25, 0.3) is 28.1 Å². The first-order chi connectivity index (χ1) is 13.8. The van der Waals surface area contributed by atoms with Gasteiger partial charge in [0.2, 0.25) is 0 Å². The van der Waals surface area contributed by atoms with Crippen LogP contribution in [0.1, 0.15) is 0 Å². The molecule has 0 unspecified atom stereocenters. The molecule has 0 bridgehead atoms. The third kappa shape index (κ3) is 4.22. The third-order valence-electron chi connectivity index (χ3n) is 4.55. The maximum absolute atomic E-state index is 11.8. The van der Waals surface area contributed by atoms with Crippen LogP contribution in [0.3, 0.4) is 0 Å². The number of aromatic nitrogens is 2. The van der Waals surface area contributed by atoms with Crippen molar-refractivity contribution in [2.24, 2.45) is 0 Å². The molecule has 7 heteroatoms. The predicted octanol–water partition coefficient (Wildman–Crippen LogP) is 6.13. The molecule has 0 fully saturated rings. The van der Waals surface area contributed by atoms with Crippen LogP contribution in [0.15, 0.2) is 92.8 Å². The first-order valence-electron chi connectivity index (χ1n) is 8.73. The Morgan fingerprint density at radius 3 is 1.83 bits per heavy atom. The molecule has 0 saturated carbocycles. The number of nitrogens with zero attached hydrogens (tertiary/aromatic N) is 2. The summed E-state index contributed by atoms with van der Waals surface area (Å²) >= 11 is 6.94. The van der Waals surface area contributed by atoms with Gasteiger partial charge in [0.25, 0.3) is 0 Å². The minimum Gasteiger partial charge on any atom is -0.232 e. The Kier molecular flexibility index (Phi) is 5.46. The molecule has 29 heavy (non-hydrogen) atoms. The maximum Gasteiger partial charge on any atom is 0.175 e. The Hall–Kier alpha value is -2.22. The quantitative estimate of drug-likeness (QED) is 0.318. The van der Waals surface area contributed by atoms with Crippen molar-refractivity contribution in [2.45, 2.75) is 4.90 Å². The molecular formula is C22H16Br2N2O2S. The lowest BCUT2D eigenvalue weighted by Crippen LogP contribution is -2.00. The average Bonchev–Trinajstić information content (AvgIpc) is 3.13. The molecule has 0 aliphatic heterocycles. The second-order valence-electron chi connectivity index (χ2n) is 6.60. The zero-order valence-electron chi connectivity index (χ0n) is 15.4. The number of hydrogen-bond donors (Lipinski definition) is 0. The van der Waals surface area contributed by atoms with Crippen LogP contribution >= 0.6 is 31.9 Å². The lowest BCUT2D eigenvalue weighted by Gasteiger charge is -2.11. The van der Waals surface area contributed by atoms with Crippen LogP contribution in [-0.4, -0.2) is 24.5 Å². The summed E-state index contributed by atoms with van der Waals surface area (Å²) in [6.07, 6.45) is 3.05. The van der Waals surface area contributed by atoms with Crippen molar-refractivity contribution >= 4 is 41.7 Å². The molecule has 0 atom stereocenters. The Labute approximate surface area is 186 Å². The van der Waals surface area contributed by atoms with Crippen LogP contribution in [-0.2, 0) is 9.84 Å². The largest absolute Gasteiger partial charge is 0.232 e. The van der Waals surface area contributed by atoms with Crippen LogP contribution < -0.4 is 0 Å². The molecule has 0 radical (unpaired) electrons. The Morgan fingerprint density at radius 2 is 1.28 bits per heavy atom. The topological polar surface area (TPSA) is 52.0 Å². The van der Waals surface area contributed by atoms with E-state index in [1.807, 2.05) is 71.5 Å². The van der Waals surface area contributed by atoms with Crippen molar-refractivity contribution < 1.29 is 8.42 Å². The first kappa shape index (κ1) is 20.1. The molecule has 146 valence electrons. The highest BCUT2D eigenvalue weighted by Crippen LogP contribution is 2.35. The molecule has 4 rings (SSSR count). The minimum atomic E-state index is -3.26. The van der Waals surface area contributed by atoms with Gasteiger partial charge in [0.15, 0.2) is 9.84 Å². The van der Waals surface area contributed by atoms with Crippen LogP contribution in [0.4, 0.5) is 0 Å². The average molecular weight is 532 g/mol. The van der Waals surface area contributed by atoms with Crippen LogP contribution in [0.2, 0.25) is 0 Å². The van der Waals surface area contributed by atoms with Gasteiger partial charge in [-0.2, -0.15) is 5.10 Å². The Balaban J connectivity index is 1.92. The van der Waals surface area contributed by atoms with E-state index < -0.39 is 9.84 Å². The van der Waals surface area contributed by atoms with Crippen molar-refractivity contribution in [2.75, 3.05) is 6.26 Å². The minimum absolute atomic E-state index is 0.293. The van der Waals surface area contributed by atoms with Gasteiger partial charge in [0.05, 0.1) is 22.5 Å². The lowest BCUT2D eigenvalue weighted by atomic mass is 10.0. The van der Waals surface area contributed by atoms with E-state index in [0.717, 1.165) is 37.0 Å². The van der Waals surface area contributed by atoms with E-state index in [2.05, 4.69) is 37.0 Å². The molecule has 4 nitrogen and oxygen atoms in total. The summed E-state index contributed by atoms with van der Waals surface area (Å²) in [6.45, 7) is 0. The van der Waals surface area contributed by atoms with E-state index in [9.17, 15) is 8.42 Å². The van der Waals surface area contributed by atoms with E-state index in [4.69, 9.17) is 0 Å². The van der Waals surface area contributed by atoms with E-state index in [0.29, 0.717) is 4.90 Å². The summed E-state index contributed by atoms with van der Waals surface area (Å²) in [5, 5.41) is 4.63. The molecule has 4 aromatic rings. The van der Waals surface area contributed by atoms with E-state index in [-0.39, 0.29) is 0 Å². The summed E-state index contributed by atoms with van der Waals surface area (Å²) in [5.74, 6) is 0. The van der Waals surface area contributed by atoms with Crippen molar-refractivity contribution in [3.8, 4) is 28.1 Å². The van der Waals surface area contributed by atoms with E-state index in [1.54, 1.807) is 12.1 Å². The van der Waals surface area contributed by atoms with Crippen molar-refractivity contribution in [1.29, 1.82) is 0 Å². The monoisotopic (exact) mass is 530 g/mol. The Morgan fingerprint density at radius 1 is 0.759 bits per heavy atom. The molecule has 0 spiro atoms. The van der Waals surface area contributed by atoms with E-state index >= 15 is 0 Å². The van der Waals surface area contributed by atoms with Crippen molar-refractivity contribution in [3.05, 3.63) is 87.9 Å². The third-order valence-corrected chi connectivity index (χ3v) is 6.74. The van der Waals surface area contributed by atoms with Gasteiger partial charge < -0.3 is 0 Å². The highest BCUT2D eigenvalue weighted by Gasteiger charge is 2.17. The second-order valence-corrected chi connectivity index (χ2v) is 10.4. The van der Waals surface area contributed by atoms with E-state index in [1.165, 1.54) is 6.26 Å². The van der Waals surface area contributed by atoms with Gasteiger partial charge in [-0.05, 0) is 54.1 Å². The molecule has 1 aromatic heterocycles. The summed E-state index contributed by atoms with van der Waals surface area (Å²) < 4.78 is 27.6. The molecule has 0 aliphatic rings. The first-order valence-corrected chi connectivity index (χ1v) is 12.2. The second kappa shape index (κ2) is 7.89. The molecular weight excluding hydrogens is 516 g/mol. The standard InChI is InChI=1S/C22H16Br2N2O2S/c1-29(27,28)20-12-4-16(5-13-20)22-21(15-2-6-17(23)7-3-15)14-25-26(22)19-10-8-18(24)9-11-19/h2-14H,1H3. The zero-order valence-corrected chi connectivity index (χ0v) is 19.4. The van der Waals surface area contributed by atoms with Crippen molar-refractivity contribution in [1.82, 2.24) is 9.78 Å². The normalized spacial score (nSPS) is 11.6. The van der Waals surface area contributed by atoms with Gasteiger partial charge in [-0.15, -0.1) is 0 Å². The number of sulfone groups is 1. The molecule has 3 aromatic carbocycles. The Bertz CT molecular complexity index is 1200. The van der Waals surface area contributed by atoms with Gasteiger partial charge in [0.1, 0.15) is 0 Å². The smallest absolute Gasteiger partial charge is 0.175 e. The molecule has 0 aliphatic carbocycles. The summed E-state index contributed by atoms with van der Waals surface area (Å²) in [4.78, 5) is 0.293. The summed E-state index contributed by atoms with van der Waals surface area (Å²) in [7, 11) is -3.26. The van der Waals surface area contributed by atoms with Crippen molar-refractivity contribution in [3.63, 3.8) is 0 Å². The lowest BCUT2D eigenvalue weighted by molar-refractivity contribution is 0.602. The maximum atomic E-state index is 11.8. The molecule has 0 N–H and O–H groups in total. The number of benzene rings is 3. The molecule has 1 heterocycles. The molecule has 0 amide bonds. The number of hydrogen-bond acceptors (Lipinski definition) is 3. The highest BCUT2D eigenvalue weighted by atomic mass is 79.9. The van der Waals surface area contributed by atoms with Gasteiger partial charge in [-0.3, -0.25) is 0 Å². The zero-order chi connectivity index (χ0) is 20.6. The number of halogens is 2. The van der Waals surface area contributed by atoms with Crippen LogP contribution in [0.5, 0.6) is 0 Å². The fourth-order valence-corrected chi connectivity index (χ4v) is 4.26.